The van der Waals surface area contributed by atoms with Gasteiger partial charge in [0.2, 0.25) is 5.91 Å². The molecule has 2 N–H and O–H groups in total. The van der Waals surface area contributed by atoms with Gasteiger partial charge in [0.15, 0.2) is 0 Å². The summed E-state index contributed by atoms with van der Waals surface area (Å²) in [7, 11) is 0. The number of hydrogen-bond acceptors (Lipinski definition) is 1. The molecule has 0 unspecified atom stereocenters. The SMILES string of the molecule is NC(=O)[C@@H]1C[C@@]1(F)c1ccccc1. The first-order valence-electron chi connectivity index (χ1n) is 4.18. The number of benzene rings is 1. The molecule has 68 valence electrons. The zero-order valence-corrected chi connectivity index (χ0v) is 7.03. The van der Waals surface area contributed by atoms with E-state index in [1.165, 1.54) is 0 Å². The molecule has 1 aliphatic carbocycles. The number of carbonyl (C=O) groups is 1. The molecule has 2 atom stereocenters. The third-order valence-corrected chi connectivity index (χ3v) is 2.49. The van der Waals surface area contributed by atoms with Gasteiger partial charge in [-0.05, 0) is 5.56 Å². The Hall–Kier alpha value is -1.38. The fraction of sp³-hybridized carbons (Fsp3) is 0.300. The number of halogens is 1. The lowest BCUT2D eigenvalue weighted by atomic mass is 10.1. The number of amides is 1. The summed E-state index contributed by atoms with van der Waals surface area (Å²) < 4.78 is 13.8. The Morgan fingerprint density at radius 3 is 2.54 bits per heavy atom. The molecule has 2 nitrogen and oxygen atoms in total. The third kappa shape index (κ3) is 1.20. The summed E-state index contributed by atoms with van der Waals surface area (Å²) in [4.78, 5) is 10.7. The molecule has 1 aliphatic rings. The number of nitrogens with two attached hydrogens (primary N) is 1. The average Bonchev–Trinajstić information content (AvgIpc) is 2.82. The number of rotatable bonds is 2. The van der Waals surface area contributed by atoms with Crippen molar-refractivity contribution in [3.63, 3.8) is 0 Å². The molecular weight excluding hydrogens is 169 g/mol. The Kier molecular flexibility index (Phi) is 1.62. The second-order valence-corrected chi connectivity index (χ2v) is 3.39. The first-order chi connectivity index (χ1) is 6.14. The monoisotopic (exact) mass is 179 g/mol. The van der Waals surface area contributed by atoms with Crippen LogP contribution in [0.15, 0.2) is 30.3 Å². The number of hydrogen-bond donors (Lipinski definition) is 1. The Labute approximate surface area is 75.6 Å². The molecule has 0 spiro atoms. The second-order valence-electron chi connectivity index (χ2n) is 3.39. The predicted octanol–water partition coefficient (Wildman–Crippen LogP) is 1.36. The van der Waals surface area contributed by atoms with Gasteiger partial charge in [-0.25, -0.2) is 4.39 Å². The summed E-state index contributed by atoms with van der Waals surface area (Å²) in [5.74, 6) is -1.18. The highest BCUT2D eigenvalue weighted by molar-refractivity contribution is 5.82. The molecule has 0 radical (unpaired) electrons. The molecule has 3 heteroatoms. The minimum atomic E-state index is -1.49. The molecule has 1 aromatic rings. The van der Waals surface area contributed by atoms with Crippen LogP contribution in [-0.4, -0.2) is 5.91 Å². The molecule has 1 saturated carbocycles. The molecule has 0 aromatic heterocycles. The van der Waals surface area contributed by atoms with Crippen LogP contribution in [0.3, 0.4) is 0 Å². The van der Waals surface area contributed by atoms with E-state index in [1.807, 2.05) is 6.07 Å². The highest BCUT2D eigenvalue weighted by Gasteiger charge is 2.60. The van der Waals surface area contributed by atoms with Gasteiger partial charge in [0.05, 0.1) is 5.92 Å². The van der Waals surface area contributed by atoms with E-state index in [9.17, 15) is 9.18 Å². The van der Waals surface area contributed by atoms with Crippen LogP contribution in [-0.2, 0) is 10.5 Å². The van der Waals surface area contributed by atoms with Crippen molar-refractivity contribution in [2.75, 3.05) is 0 Å². The van der Waals surface area contributed by atoms with Crippen LogP contribution in [0.25, 0.3) is 0 Å². The minimum Gasteiger partial charge on any atom is -0.369 e. The maximum atomic E-state index is 13.8. The molecule has 1 amide bonds. The first kappa shape index (κ1) is 8.23. The number of carbonyl (C=O) groups excluding carboxylic acids is 1. The Morgan fingerprint density at radius 2 is 2.08 bits per heavy atom. The lowest BCUT2D eigenvalue weighted by Crippen LogP contribution is -2.18. The van der Waals surface area contributed by atoms with Crippen molar-refractivity contribution in [3.8, 4) is 0 Å². The van der Waals surface area contributed by atoms with Crippen molar-refractivity contribution in [1.82, 2.24) is 0 Å². The molecule has 0 heterocycles. The van der Waals surface area contributed by atoms with Crippen molar-refractivity contribution in [2.45, 2.75) is 12.1 Å². The molecule has 2 rings (SSSR count). The first-order valence-corrected chi connectivity index (χ1v) is 4.18. The summed E-state index contributed by atoms with van der Waals surface area (Å²) in [5.41, 5.74) is 4.09. The zero-order valence-electron chi connectivity index (χ0n) is 7.03. The standard InChI is InChI=1S/C10H10FNO/c11-10(6-8(10)9(12)13)7-4-2-1-3-5-7/h1-5,8H,6H2,(H2,12,13)/t8-,10+/m0/s1. The second kappa shape index (κ2) is 2.55. The Bertz CT molecular complexity index is 338. The van der Waals surface area contributed by atoms with Gasteiger partial charge in [-0.3, -0.25) is 4.79 Å². The Balaban J connectivity index is 2.25. The van der Waals surface area contributed by atoms with Crippen molar-refractivity contribution in [1.29, 1.82) is 0 Å². The van der Waals surface area contributed by atoms with Crippen molar-refractivity contribution in [3.05, 3.63) is 35.9 Å². The highest BCUT2D eigenvalue weighted by atomic mass is 19.1. The predicted molar refractivity (Wildman–Crippen MR) is 46.5 cm³/mol. The van der Waals surface area contributed by atoms with Crippen LogP contribution in [0.2, 0.25) is 0 Å². The minimum absolute atomic E-state index is 0.229. The molecule has 1 fully saturated rings. The topological polar surface area (TPSA) is 43.1 Å². The fourth-order valence-electron chi connectivity index (χ4n) is 1.60. The molecule has 1 aromatic carbocycles. The lowest BCUT2D eigenvalue weighted by Gasteiger charge is -2.05. The van der Waals surface area contributed by atoms with Crippen molar-refractivity contribution < 1.29 is 9.18 Å². The Morgan fingerprint density at radius 1 is 1.46 bits per heavy atom. The molecule has 13 heavy (non-hydrogen) atoms. The molecule has 0 saturated heterocycles. The fourth-order valence-corrected chi connectivity index (χ4v) is 1.60. The largest absolute Gasteiger partial charge is 0.369 e. The zero-order chi connectivity index (χ0) is 9.47. The van der Waals surface area contributed by atoms with Gasteiger partial charge in [-0.2, -0.15) is 0 Å². The quantitative estimate of drug-likeness (QED) is 0.731. The summed E-state index contributed by atoms with van der Waals surface area (Å²) in [6.07, 6.45) is 0.229. The van der Waals surface area contributed by atoms with Crippen LogP contribution in [0.5, 0.6) is 0 Å². The average molecular weight is 179 g/mol. The molecule has 0 aliphatic heterocycles. The molecular formula is C10H10FNO. The summed E-state index contributed by atoms with van der Waals surface area (Å²) in [6, 6.07) is 8.69. The normalized spacial score (nSPS) is 31.3. The van der Waals surface area contributed by atoms with Gasteiger partial charge < -0.3 is 5.73 Å². The third-order valence-electron chi connectivity index (χ3n) is 2.49. The van der Waals surface area contributed by atoms with E-state index in [-0.39, 0.29) is 6.42 Å². The van der Waals surface area contributed by atoms with E-state index in [1.54, 1.807) is 24.3 Å². The highest BCUT2D eigenvalue weighted by Crippen LogP contribution is 2.55. The number of alkyl halides is 1. The van der Waals surface area contributed by atoms with Crippen molar-refractivity contribution >= 4 is 5.91 Å². The van der Waals surface area contributed by atoms with Gasteiger partial charge >= 0.3 is 0 Å². The van der Waals surface area contributed by atoms with Gasteiger partial charge in [-0.1, -0.05) is 30.3 Å². The number of primary amides is 1. The summed E-state index contributed by atoms with van der Waals surface area (Å²) in [5, 5.41) is 0. The van der Waals surface area contributed by atoms with Crippen molar-refractivity contribution in [2.24, 2.45) is 11.7 Å². The van der Waals surface area contributed by atoms with E-state index in [4.69, 9.17) is 5.73 Å². The van der Waals surface area contributed by atoms with Crippen LogP contribution >= 0.6 is 0 Å². The maximum absolute atomic E-state index is 13.8. The van der Waals surface area contributed by atoms with Gasteiger partial charge in [0.1, 0.15) is 5.67 Å². The van der Waals surface area contributed by atoms with Crippen LogP contribution in [0.4, 0.5) is 4.39 Å². The smallest absolute Gasteiger partial charge is 0.224 e. The van der Waals surface area contributed by atoms with E-state index in [2.05, 4.69) is 0 Å². The summed E-state index contributed by atoms with van der Waals surface area (Å²) >= 11 is 0. The molecule has 0 bridgehead atoms. The maximum Gasteiger partial charge on any atom is 0.224 e. The van der Waals surface area contributed by atoms with Crippen LogP contribution < -0.4 is 5.73 Å². The van der Waals surface area contributed by atoms with Crippen LogP contribution in [0, 0.1) is 5.92 Å². The lowest BCUT2D eigenvalue weighted by molar-refractivity contribution is -0.120. The van der Waals surface area contributed by atoms with E-state index in [0.717, 1.165) is 0 Å². The van der Waals surface area contributed by atoms with Gasteiger partial charge in [-0.15, -0.1) is 0 Å². The van der Waals surface area contributed by atoms with Crippen LogP contribution in [0.1, 0.15) is 12.0 Å². The van der Waals surface area contributed by atoms with E-state index in [0.29, 0.717) is 5.56 Å². The van der Waals surface area contributed by atoms with E-state index >= 15 is 0 Å². The van der Waals surface area contributed by atoms with Gasteiger partial charge in [0, 0.05) is 6.42 Å². The van der Waals surface area contributed by atoms with E-state index < -0.39 is 17.5 Å². The summed E-state index contributed by atoms with van der Waals surface area (Å²) in [6.45, 7) is 0. The van der Waals surface area contributed by atoms with Gasteiger partial charge in [0.25, 0.3) is 0 Å².